The lowest BCUT2D eigenvalue weighted by molar-refractivity contribution is 0.670. The normalized spacial score (nSPS) is 11.4. The van der Waals surface area contributed by atoms with Gasteiger partial charge in [0.15, 0.2) is 0 Å². The van der Waals surface area contributed by atoms with Crippen LogP contribution in [-0.2, 0) is 0 Å². The molecule has 1 heterocycles. The number of hydrogen-bond donors (Lipinski definition) is 0. The zero-order valence-corrected chi connectivity index (χ0v) is 30.5. The lowest BCUT2D eigenvalue weighted by Crippen LogP contribution is -2.09. The molecule has 0 spiro atoms. The first-order valence-electron chi connectivity index (χ1n) is 18.8. The zero-order chi connectivity index (χ0) is 36.7. The molecule has 0 N–H and O–H groups in total. The highest BCUT2D eigenvalue weighted by Crippen LogP contribution is 2.40. The Balaban J connectivity index is 1.01. The summed E-state index contributed by atoms with van der Waals surface area (Å²) >= 11 is 0. The molecule has 9 aromatic carbocycles. The second kappa shape index (κ2) is 13.7. The molecule has 1 aromatic heterocycles. The third kappa shape index (κ3) is 5.95. The summed E-state index contributed by atoms with van der Waals surface area (Å²) in [5.41, 5.74) is 15.9. The van der Waals surface area contributed by atoms with E-state index in [9.17, 15) is 0 Å². The second-order valence-corrected chi connectivity index (χ2v) is 14.2. The number of aryl methyl sites for hydroxylation is 1. The maximum atomic E-state index is 6.39. The van der Waals surface area contributed by atoms with E-state index in [1.807, 2.05) is 12.1 Å². The van der Waals surface area contributed by atoms with E-state index in [0.29, 0.717) is 0 Å². The number of benzene rings is 9. The van der Waals surface area contributed by atoms with Gasteiger partial charge in [-0.25, -0.2) is 0 Å². The van der Waals surface area contributed by atoms with Crippen LogP contribution < -0.4 is 4.90 Å². The number of nitrogens with zero attached hydrogens (tertiary/aromatic N) is 1. The third-order valence-corrected chi connectivity index (χ3v) is 10.8. The molecule has 10 rings (SSSR count). The molecule has 0 aliphatic heterocycles. The topological polar surface area (TPSA) is 16.4 Å². The fraction of sp³-hybridized carbons (Fsp3) is 0.0189. The van der Waals surface area contributed by atoms with Crippen molar-refractivity contribution in [1.29, 1.82) is 0 Å². The molecule has 0 aliphatic rings. The van der Waals surface area contributed by atoms with Gasteiger partial charge in [0.25, 0.3) is 0 Å². The van der Waals surface area contributed by atoms with E-state index < -0.39 is 0 Å². The molecule has 0 amide bonds. The predicted octanol–water partition coefficient (Wildman–Crippen LogP) is 15.2. The predicted molar refractivity (Wildman–Crippen MR) is 232 cm³/mol. The minimum atomic E-state index is 0.908. The van der Waals surface area contributed by atoms with Gasteiger partial charge in [0, 0.05) is 33.4 Å². The van der Waals surface area contributed by atoms with Crippen molar-refractivity contribution in [3.05, 3.63) is 212 Å². The molecule has 260 valence electrons. The molecule has 10 aromatic rings. The third-order valence-electron chi connectivity index (χ3n) is 10.8. The first-order valence-corrected chi connectivity index (χ1v) is 18.8. The van der Waals surface area contributed by atoms with E-state index >= 15 is 0 Å². The molecular formula is C53H37NO. The monoisotopic (exact) mass is 703 g/mol. The van der Waals surface area contributed by atoms with Crippen molar-refractivity contribution in [1.82, 2.24) is 0 Å². The fourth-order valence-electron chi connectivity index (χ4n) is 8.07. The quantitative estimate of drug-likeness (QED) is 0.164. The van der Waals surface area contributed by atoms with Crippen LogP contribution >= 0.6 is 0 Å². The lowest BCUT2D eigenvalue weighted by atomic mass is 9.93. The molecule has 0 saturated heterocycles. The Morgan fingerprint density at radius 2 is 0.855 bits per heavy atom. The minimum absolute atomic E-state index is 0.908. The number of hydrogen-bond acceptors (Lipinski definition) is 2. The minimum Gasteiger partial charge on any atom is -0.455 e. The molecule has 2 heteroatoms. The summed E-state index contributed by atoms with van der Waals surface area (Å²) in [5, 5.41) is 4.81. The van der Waals surface area contributed by atoms with Crippen LogP contribution in [0.15, 0.2) is 211 Å². The van der Waals surface area contributed by atoms with Gasteiger partial charge in [-0.2, -0.15) is 0 Å². The van der Waals surface area contributed by atoms with Gasteiger partial charge >= 0.3 is 0 Å². The molecule has 0 fully saturated rings. The van der Waals surface area contributed by atoms with E-state index in [-0.39, 0.29) is 0 Å². The van der Waals surface area contributed by atoms with Crippen molar-refractivity contribution in [2.24, 2.45) is 0 Å². The molecule has 0 saturated carbocycles. The summed E-state index contributed by atoms with van der Waals surface area (Å²) in [7, 11) is 0. The van der Waals surface area contributed by atoms with Crippen LogP contribution in [0.2, 0.25) is 0 Å². The summed E-state index contributed by atoms with van der Waals surface area (Å²) in [4.78, 5) is 2.33. The molecule has 0 bridgehead atoms. The van der Waals surface area contributed by atoms with Gasteiger partial charge in [-0.1, -0.05) is 164 Å². The Morgan fingerprint density at radius 3 is 1.56 bits per heavy atom. The Labute approximate surface area is 321 Å². The molecule has 0 unspecified atom stereocenters. The Morgan fingerprint density at radius 1 is 0.345 bits per heavy atom. The van der Waals surface area contributed by atoms with Crippen molar-refractivity contribution >= 4 is 49.8 Å². The van der Waals surface area contributed by atoms with Crippen LogP contribution in [0.25, 0.3) is 77.2 Å². The maximum absolute atomic E-state index is 6.39. The van der Waals surface area contributed by atoms with Crippen molar-refractivity contribution < 1.29 is 4.42 Å². The van der Waals surface area contributed by atoms with Crippen molar-refractivity contribution in [2.45, 2.75) is 6.92 Å². The Kier molecular flexibility index (Phi) is 8.08. The maximum Gasteiger partial charge on any atom is 0.143 e. The standard InChI is InChI=1S/C53H37NO/c1-36-35-42(48-17-9-14-39-13-5-6-15-47(39)48)27-34-46(36)40-23-30-44(31-24-40)54(43-28-21-38(22-29-43)37-11-3-2-4-12-37)45-32-25-41(26-33-45)49-18-10-19-51-50-16-7-8-20-52(50)55-53(49)51/h2-35H,1H3. The molecule has 0 radical (unpaired) electrons. The van der Waals surface area contributed by atoms with Crippen molar-refractivity contribution in [3.63, 3.8) is 0 Å². The number of anilines is 3. The van der Waals surface area contributed by atoms with E-state index in [1.54, 1.807) is 0 Å². The van der Waals surface area contributed by atoms with Crippen LogP contribution in [0, 0.1) is 6.92 Å². The molecule has 2 nitrogen and oxygen atoms in total. The van der Waals surface area contributed by atoms with Crippen LogP contribution in [-0.4, -0.2) is 0 Å². The lowest BCUT2D eigenvalue weighted by Gasteiger charge is -2.26. The van der Waals surface area contributed by atoms with Crippen LogP contribution in [0.4, 0.5) is 17.1 Å². The smallest absolute Gasteiger partial charge is 0.143 e. The zero-order valence-electron chi connectivity index (χ0n) is 30.5. The van der Waals surface area contributed by atoms with Crippen molar-refractivity contribution in [2.75, 3.05) is 4.90 Å². The van der Waals surface area contributed by atoms with E-state index in [1.165, 1.54) is 49.7 Å². The van der Waals surface area contributed by atoms with Gasteiger partial charge in [-0.3, -0.25) is 0 Å². The van der Waals surface area contributed by atoms with Gasteiger partial charge in [0.1, 0.15) is 11.2 Å². The first kappa shape index (κ1) is 32.5. The van der Waals surface area contributed by atoms with Gasteiger partial charge in [0.05, 0.1) is 0 Å². The van der Waals surface area contributed by atoms with Gasteiger partial charge < -0.3 is 9.32 Å². The Bertz CT molecular complexity index is 2950. The second-order valence-electron chi connectivity index (χ2n) is 14.2. The molecule has 55 heavy (non-hydrogen) atoms. The fourth-order valence-corrected chi connectivity index (χ4v) is 8.07. The average Bonchev–Trinajstić information content (AvgIpc) is 3.64. The van der Waals surface area contributed by atoms with E-state index in [4.69, 9.17) is 4.42 Å². The number of rotatable bonds is 7. The first-order chi connectivity index (χ1) is 27.2. The highest BCUT2D eigenvalue weighted by molar-refractivity contribution is 6.09. The average molecular weight is 704 g/mol. The van der Waals surface area contributed by atoms with Gasteiger partial charge in [-0.05, 0) is 105 Å². The molecule has 0 atom stereocenters. The van der Waals surface area contributed by atoms with Crippen LogP contribution in [0.3, 0.4) is 0 Å². The van der Waals surface area contributed by atoms with Crippen LogP contribution in [0.1, 0.15) is 5.56 Å². The summed E-state index contributed by atoms with van der Waals surface area (Å²) < 4.78 is 6.39. The highest BCUT2D eigenvalue weighted by Gasteiger charge is 2.16. The summed E-state index contributed by atoms with van der Waals surface area (Å²) in [6, 6.07) is 73.9. The molecular weight excluding hydrogens is 667 g/mol. The number of furan rings is 1. The van der Waals surface area contributed by atoms with Crippen molar-refractivity contribution in [3.8, 4) is 44.5 Å². The van der Waals surface area contributed by atoms with Gasteiger partial charge in [0.2, 0.25) is 0 Å². The summed E-state index contributed by atoms with van der Waals surface area (Å²) in [5.74, 6) is 0. The number of fused-ring (bicyclic) bond motifs is 4. The number of para-hydroxylation sites is 2. The largest absolute Gasteiger partial charge is 0.455 e. The highest BCUT2D eigenvalue weighted by atomic mass is 16.3. The van der Waals surface area contributed by atoms with E-state index in [0.717, 1.165) is 50.1 Å². The Hall–Kier alpha value is -7.16. The SMILES string of the molecule is Cc1cc(-c2cccc3ccccc23)ccc1-c1ccc(N(c2ccc(-c3ccccc3)cc2)c2ccc(-c3cccc4c3oc3ccccc34)cc2)cc1. The van der Waals surface area contributed by atoms with Crippen LogP contribution in [0.5, 0.6) is 0 Å². The molecule has 0 aliphatic carbocycles. The summed E-state index contributed by atoms with van der Waals surface area (Å²) in [6.07, 6.45) is 0. The van der Waals surface area contributed by atoms with E-state index in [2.05, 4.69) is 206 Å². The van der Waals surface area contributed by atoms with Gasteiger partial charge in [-0.15, -0.1) is 0 Å². The summed E-state index contributed by atoms with van der Waals surface area (Å²) in [6.45, 7) is 2.21.